The highest BCUT2D eigenvalue weighted by atomic mass is 15.3. The molecule has 0 amide bonds. The maximum atomic E-state index is 8.68. The fourth-order valence-corrected chi connectivity index (χ4v) is 1.64. The Balaban J connectivity index is 1.93. The zero-order valence-electron chi connectivity index (χ0n) is 10.4. The molecule has 1 aromatic heterocycles. The van der Waals surface area contributed by atoms with E-state index >= 15 is 0 Å². The molecule has 1 aromatic carbocycles. The molecule has 4 heteroatoms. The van der Waals surface area contributed by atoms with Crippen molar-refractivity contribution in [2.24, 2.45) is 5.92 Å². The van der Waals surface area contributed by atoms with Gasteiger partial charge in [0.25, 0.3) is 0 Å². The van der Waals surface area contributed by atoms with Crippen LogP contribution in [-0.2, 0) is 6.54 Å². The molecule has 0 saturated carbocycles. The summed E-state index contributed by atoms with van der Waals surface area (Å²) in [6.07, 6.45) is 1.94. The standard InChI is InChI=1S/C14H16N4/c1-12(9-15)10-16-11-13-7-8-18(17-13)14-5-3-2-4-6-14/h2-8,12,16H,10-11H2,1H3. The molecule has 0 fully saturated rings. The van der Waals surface area contributed by atoms with Crippen molar-refractivity contribution in [2.45, 2.75) is 13.5 Å². The van der Waals surface area contributed by atoms with Crippen molar-refractivity contribution in [2.75, 3.05) is 6.54 Å². The summed E-state index contributed by atoms with van der Waals surface area (Å²) in [5.74, 6) is 0.0289. The topological polar surface area (TPSA) is 53.6 Å². The lowest BCUT2D eigenvalue weighted by molar-refractivity contribution is 0.592. The molecule has 0 spiro atoms. The second-order valence-corrected chi connectivity index (χ2v) is 4.25. The summed E-state index contributed by atoms with van der Waals surface area (Å²) in [5.41, 5.74) is 2.03. The normalized spacial score (nSPS) is 12.0. The molecular formula is C14H16N4. The van der Waals surface area contributed by atoms with Gasteiger partial charge >= 0.3 is 0 Å². The number of para-hydroxylation sites is 1. The first-order valence-electron chi connectivity index (χ1n) is 6.00. The van der Waals surface area contributed by atoms with Gasteiger partial charge in [-0.15, -0.1) is 0 Å². The van der Waals surface area contributed by atoms with E-state index in [9.17, 15) is 0 Å². The minimum absolute atomic E-state index is 0.0289. The SMILES string of the molecule is CC(C#N)CNCc1ccn(-c2ccccc2)n1. The highest BCUT2D eigenvalue weighted by molar-refractivity contribution is 5.30. The third-order valence-corrected chi connectivity index (χ3v) is 2.64. The maximum absolute atomic E-state index is 8.68. The molecule has 1 N–H and O–H groups in total. The molecule has 0 aliphatic carbocycles. The number of nitrogens with one attached hydrogen (secondary N) is 1. The van der Waals surface area contributed by atoms with Crippen molar-refractivity contribution in [3.63, 3.8) is 0 Å². The largest absolute Gasteiger partial charge is 0.310 e. The predicted octanol–water partition coefficient (Wildman–Crippen LogP) is 2.12. The predicted molar refractivity (Wildman–Crippen MR) is 70.0 cm³/mol. The number of rotatable bonds is 5. The van der Waals surface area contributed by atoms with E-state index < -0.39 is 0 Å². The van der Waals surface area contributed by atoms with Crippen LogP contribution in [0.4, 0.5) is 0 Å². The van der Waals surface area contributed by atoms with Crippen LogP contribution in [0.2, 0.25) is 0 Å². The molecule has 0 aliphatic rings. The maximum Gasteiger partial charge on any atom is 0.0766 e. The minimum atomic E-state index is 0.0289. The van der Waals surface area contributed by atoms with Crippen molar-refractivity contribution in [3.8, 4) is 11.8 Å². The van der Waals surface area contributed by atoms with E-state index in [1.165, 1.54) is 0 Å². The van der Waals surface area contributed by atoms with Crippen LogP contribution >= 0.6 is 0 Å². The number of aromatic nitrogens is 2. The molecule has 2 rings (SSSR count). The minimum Gasteiger partial charge on any atom is -0.310 e. The van der Waals surface area contributed by atoms with Gasteiger partial charge in [0.2, 0.25) is 0 Å². The van der Waals surface area contributed by atoms with Gasteiger partial charge in [0.15, 0.2) is 0 Å². The number of nitriles is 1. The van der Waals surface area contributed by atoms with Crippen LogP contribution in [0.3, 0.4) is 0 Å². The van der Waals surface area contributed by atoms with Crippen LogP contribution in [0.1, 0.15) is 12.6 Å². The third-order valence-electron chi connectivity index (χ3n) is 2.64. The molecule has 0 saturated heterocycles. The molecule has 1 heterocycles. The van der Waals surface area contributed by atoms with Crippen LogP contribution in [0.15, 0.2) is 42.6 Å². The molecule has 0 aliphatic heterocycles. The van der Waals surface area contributed by atoms with Crippen LogP contribution in [-0.4, -0.2) is 16.3 Å². The van der Waals surface area contributed by atoms with Crippen molar-refractivity contribution in [1.29, 1.82) is 5.26 Å². The van der Waals surface area contributed by atoms with Crippen LogP contribution in [0, 0.1) is 17.2 Å². The van der Waals surface area contributed by atoms with E-state index in [0.29, 0.717) is 13.1 Å². The molecule has 92 valence electrons. The zero-order chi connectivity index (χ0) is 12.8. The van der Waals surface area contributed by atoms with Crippen LogP contribution < -0.4 is 5.32 Å². The van der Waals surface area contributed by atoms with Gasteiger partial charge in [-0.3, -0.25) is 0 Å². The Labute approximate surface area is 107 Å². The molecule has 0 radical (unpaired) electrons. The molecule has 1 unspecified atom stereocenters. The van der Waals surface area contributed by atoms with E-state index in [2.05, 4.69) is 16.5 Å². The Kier molecular flexibility index (Phi) is 4.11. The first-order chi connectivity index (χ1) is 8.79. The van der Waals surface area contributed by atoms with Crippen molar-refractivity contribution >= 4 is 0 Å². The molecule has 0 bridgehead atoms. The van der Waals surface area contributed by atoms with Gasteiger partial charge < -0.3 is 5.32 Å². The Hall–Kier alpha value is -2.12. The molecule has 2 aromatic rings. The summed E-state index contributed by atoms with van der Waals surface area (Å²) in [7, 11) is 0. The molecule has 1 atom stereocenters. The lowest BCUT2D eigenvalue weighted by Crippen LogP contribution is -2.20. The number of hydrogen-bond acceptors (Lipinski definition) is 3. The van der Waals surface area contributed by atoms with Gasteiger partial charge in [0.05, 0.1) is 23.4 Å². The van der Waals surface area contributed by atoms with Crippen LogP contribution in [0.5, 0.6) is 0 Å². The second kappa shape index (κ2) is 5.99. The van der Waals surface area contributed by atoms with E-state index in [-0.39, 0.29) is 5.92 Å². The van der Waals surface area contributed by atoms with E-state index in [1.54, 1.807) is 0 Å². The Morgan fingerprint density at radius 1 is 1.33 bits per heavy atom. The highest BCUT2D eigenvalue weighted by Crippen LogP contribution is 2.06. The monoisotopic (exact) mass is 240 g/mol. The smallest absolute Gasteiger partial charge is 0.0766 e. The van der Waals surface area contributed by atoms with Crippen molar-refractivity contribution in [3.05, 3.63) is 48.3 Å². The Morgan fingerprint density at radius 2 is 2.11 bits per heavy atom. The van der Waals surface area contributed by atoms with E-state index in [0.717, 1.165) is 11.4 Å². The average molecular weight is 240 g/mol. The average Bonchev–Trinajstić information content (AvgIpc) is 2.88. The molecular weight excluding hydrogens is 224 g/mol. The summed E-state index contributed by atoms with van der Waals surface area (Å²) in [6, 6.07) is 14.2. The van der Waals surface area contributed by atoms with E-state index in [4.69, 9.17) is 5.26 Å². The lowest BCUT2D eigenvalue weighted by atomic mass is 10.2. The number of hydrogen-bond donors (Lipinski definition) is 1. The van der Waals surface area contributed by atoms with Gasteiger partial charge in [0, 0.05) is 19.3 Å². The summed E-state index contributed by atoms with van der Waals surface area (Å²) in [5, 5.41) is 16.4. The number of nitrogens with zero attached hydrogens (tertiary/aromatic N) is 3. The fraction of sp³-hybridized carbons (Fsp3) is 0.286. The Bertz CT molecular complexity index is 524. The van der Waals surface area contributed by atoms with Crippen molar-refractivity contribution in [1.82, 2.24) is 15.1 Å². The summed E-state index contributed by atoms with van der Waals surface area (Å²) in [4.78, 5) is 0. The first-order valence-corrected chi connectivity index (χ1v) is 6.00. The lowest BCUT2D eigenvalue weighted by Gasteiger charge is -2.03. The third kappa shape index (κ3) is 3.19. The van der Waals surface area contributed by atoms with Gasteiger partial charge in [0.1, 0.15) is 0 Å². The number of benzene rings is 1. The van der Waals surface area contributed by atoms with Gasteiger partial charge in [-0.25, -0.2) is 4.68 Å². The van der Waals surface area contributed by atoms with Crippen LogP contribution in [0.25, 0.3) is 5.69 Å². The van der Waals surface area contributed by atoms with Crippen molar-refractivity contribution < 1.29 is 0 Å². The van der Waals surface area contributed by atoms with E-state index in [1.807, 2.05) is 54.2 Å². The van der Waals surface area contributed by atoms with Gasteiger partial charge in [-0.2, -0.15) is 10.4 Å². The second-order valence-electron chi connectivity index (χ2n) is 4.25. The van der Waals surface area contributed by atoms with Gasteiger partial charge in [-0.05, 0) is 25.1 Å². The van der Waals surface area contributed by atoms with Gasteiger partial charge in [-0.1, -0.05) is 18.2 Å². The quantitative estimate of drug-likeness (QED) is 0.871. The fourth-order valence-electron chi connectivity index (χ4n) is 1.64. The summed E-state index contributed by atoms with van der Waals surface area (Å²) in [6.45, 7) is 3.27. The summed E-state index contributed by atoms with van der Waals surface area (Å²) < 4.78 is 1.85. The molecule has 4 nitrogen and oxygen atoms in total. The summed E-state index contributed by atoms with van der Waals surface area (Å²) >= 11 is 0. The molecule has 18 heavy (non-hydrogen) atoms. The zero-order valence-corrected chi connectivity index (χ0v) is 10.4. The Morgan fingerprint density at radius 3 is 2.83 bits per heavy atom. The highest BCUT2D eigenvalue weighted by Gasteiger charge is 2.02. The first kappa shape index (κ1) is 12.3.